The van der Waals surface area contributed by atoms with Gasteiger partial charge in [0, 0.05) is 17.1 Å². The molecule has 0 aliphatic heterocycles. The molecule has 0 N–H and O–H groups in total. The second-order valence-electron chi connectivity index (χ2n) is 6.22. The van der Waals surface area contributed by atoms with Crippen LogP contribution in [0.3, 0.4) is 0 Å². The summed E-state index contributed by atoms with van der Waals surface area (Å²) < 4.78 is 39.6. The van der Waals surface area contributed by atoms with Gasteiger partial charge in [0.1, 0.15) is 0 Å². The summed E-state index contributed by atoms with van der Waals surface area (Å²) in [4.78, 5) is 15.4. The van der Waals surface area contributed by atoms with E-state index in [0.717, 1.165) is 49.1 Å². The smallest absolute Gasteiger partial charge is 0.289 e. The standard InChI is InChI=1S/C17H19F3N2OS/c1-21(10-12-6-8-13(9-7-12)17(18,19)20)11-22-14-4-2-3-5-15(14)24-16(22)23/h6-9H,2-5,10-11H2,1H3. The van der Waals surface area contributed by atoms with Gasteiger partial charge in [0.05, 0.1) is 12.2 Å². The number of benzene rings is 1. The van der Waals surface area contributed by atoms with Crippen LogP contribution >= 0.6 is 11.3 Å². The Morgan fingerprint density at radius 1 is 1.17 bits per heavy atom. The molecule has 1 aromatic carbocycles. The topological polar surface area (TPSA) is 25.2 Å². The van der Waals surface area contributed by atoms with E-state index in [1.165, 1.54) is 28.3 Å². The number of aryl methyl sites for hydroxylation is 1. The van der Waals surface area contributed by atoms with Gasteiger partial charge in [-0.05, 0) is 50.4 Å². The van der Waals surface area contributed by atoms with E-state index in [9.17, 15) is 18.0 Å². The monoisotopic (exact) mass is 356 g/mol. The normalized spacial score (nSPS) is 14.9. The second-order valence-corrected chi connectivity index (χ2v) is 7.27. The quantitative estimate of drug-likeness (QED) is 0.830. The third kappa shape index (κ3) is 3.72. The van der Waals surface area contributed by atoms with E-state index in [1.807, 2.05) is 16.5 Å². The highest BCUT2D eigenvalue weighted by atomic mass is 32.1. The summed E-state index contributed by atoms with van der Waals surface area (Å²) >= 11 is 1.33. The number of thiazole rings is 1. The van der Waals surface area contributed by atoms with Crippen LogP contribution in [0.2, 0.25) is 0 Å². The summed E-state index contributed by atoms with van der Waals surface area (Å²) in [5.41, 5.74) is 1.29. The number of nitrogens with zero attached hydrogens (tertiary/aromatic N) is 2. The van der Waals surface area contributed by atoms with Crippen molar-refractivity contribution in [2.75, 3.05) is 7.05 Å². The largest absolute Gasteiger partial charge is 0.416 e. The average molecular weight is 356 g/mol. The summed E-state index contributed by atoms with van der Waals surface area (Å²) in [5, 5.41) is 0. The molecular weight excluding hydrogens is 337 g/mol. The maximum absolute atomic E-state index is 12.6. The molecule has 3 rings (SSSR count). The lowest BCUT2D eigenvalue weighted by Gasteiger charge is -2.20. The summed E-state index contributed by atoms with van der Waals surface area (Å²) in [5.74, 6) is 0. The van der Waals surface area contributed by atoms with Crippen molar-refractivity contribution in [2.45, 2.75) is 45.1 Å². The lowest BCUT2D eigenvalue weighted by atomic mass is 10.0. The highest BCUT2D eigenvalue weighted by Crippen LogP contribution is 2.29. The fourth-order valence-corrected chi connectivity index (χ4v) is 4.14. The van der Waals surface area contributed by atoms with Crippen LogP contribution in [0, 0.1) is 0 Å². The van der Waals surface area contributed by atoms with Gasteiger partial charge in [0.2, 0.25) is 0 Å². The molecule has 0 spiro atoms. The number of aromatic nitrogens is 1. The summed E-state index contributed by atoms with van der Waals surface area (Å²) in [7, 11) is 1.87. The lowest BCUT2D eigenvalue weighted by Crippen LogP contribution is -2.28. The van der Waals surface area contributed by atoms with Gasteiger partial charge in [-0.25, -0.2) is 0 Å². The van der Waals surface area contributed by atoms with E-state index < -0.39 is 11.7 Å². The SMILES string of the molecule is CN(Cc1ccc(C(F)(F)F)cc1)Cn1c2c(sc1=O)CCCC2. The molecule has 3 nitrogen and oxygen atoms in total. The highest BCUT2D eigenvalue weighted by molar-refractivity contribution is 7.09. The minimum atomic E-state index is -4.31. The Morgan fingerprint density at radius 3 is 2.50 bits per heavy atom. The predicted molar refractivity (Wildman–Crippen MR) is 88.1 cm³/mol. The predicted octanol–water partition coefficient (Wildman–Crippen LogP) is 3.90. The number of rotatable bonds is 4. The minimum absolute atomic E-state index is 0.0566. The number of fused-ring (bicyclic) bond motifs is 1. The first kappa shape index (κ1) is 17.2. The van der Waals surface area contributed by atoms with Crippen LogP contribution in [0.15, 0.2) is 29.1 Å². The second kappa shape index (κ2) is 6.72. The Balaban J connectivity index is 1.69. The first-order chi connectivity index (χ1) is 11.3. The van der Waals surface area contributed by atoms with Crippen molar-refractivity contribution >= 4 is 11.3 Å². The van der Waals surface area contributed by atoms with Crippen molar-refractivity contribution in [3.8, 4) is 0 Å². The third-order valence-corrected chi connectivity index (χ3v) is 5.34. The summed E-state index contributed by atoms with van der Waals surface area (Å²) in [6.45, 7) is 0.959. The van der Waals surface area contributed by atoms with Crippen LogP contribution in [-0.2, 0) is 32.2 Å². The Bertz CT molecular complexity index is 762. The Kier molecular flexibility index (Phi) is 4.83. The molecule has 0 amide bonds. The molecule has 1 heterocycles. The van der Waals surface area contributed by atoms with Crippen molar-refractivity contribution in [3.05, 3.63) is 55.6 Å². The zero-order chi connectivity index (χ0) is 17.3. The fraction of sp³-hybridized carbons (Fsp3) is 0.471. The van der Waals surface area contributed by atoms with Gasteiger partial charge in [-0.1, -0.05) is 23.5 Å². The van der Waals surface area contributed by atoms with Gasteiger partial charge in [-0.2, -0.15) is 13.2 Å². The zero-order valence-corrected chi connectivity index (χ0v) is 14.2. The molecular formula is C17H19F3N2OS. The van der Waals surface area contributed by atoms with Crippen LogP contribution in [0.4, 0.5) is 13.2 Å². The van der Waals surface area contributed by atoms with Crippen LogP contribution in [0.5, 0.6) is 0 Å². The molecule has 0 radical (unpaired) electrons. The maximum Gasteiger partial charge on any atom is 0.416 e. The van der Waals surface area contributed by atoms with Gasteiger partial charge >= 0.3 is 11.0 Å². The van der Waals surface area contributed by atoms with Crippen molar-refractivity contribution in [2.24, 2.45) is 0 Å². The fourth-order valence-electron chi connectivity index (χ4n) is 3.07. The summed E-state index contributed by atoms with van der Waals surface area (Å²) in [6.07, 6.45) is -0.166. The van der Waals surface area contributed by atoms with E-state index in [4.69, 9.17) is 0 Å². The van der Waals surface area contributed by atoms with E-state index in [-0.39, 0.29) is 4.87 Å². The third-order valence-electron chi connectivity index (χ3n) is 4.26. The van der Waals surface area contributed by atoms with Gasteiger partial charge in [-0.15, -0.1) is 0 Å². The number of halogens is 3. The van der Waals surface area contributed by atoms with Crippen LogP contribution in [0.25, 0.3) is 0 Å². The van der Waals surface area contributed by atoms with Gasteiger partial charge in [0.25, 0.3) is 0 Å². The van der Waals surface area contributed by atoms with E-state index in [1.54, 1.807) is 0 Å². The van der Waals surface area contributed by atoms with E-state index in [0.29, 0.717) is 13.2 Å². The van der Waals surface area contributed by atoms with Crippen LogP contribution in [-0.4, -0.2) is 16.5 Å². The molecule has 2 aromatic rings. The molecule has 0 fully saturated rings. The molecule has 0 unspecified atom stereocenters. The van der Waals surface area contributed by atoms with Crippen molar-refractivity contribution in [1.82, 2.24) is 9.47 Å². The first-order valence-electron chi connectivity index (χ1n) is 7.90. The zero-order valence-electron chi connectivity index (χ0n) is 13.4. The summed E-state index contributed by atoms with van der Waals surface area (Å²) in [6, 6.07) is 5.18. The molecule has 1 aliphatic rings. The molecule has 1 aliphatic carbocycles. The maximum atomic E-state index is 12.6. The lowest BCUT2D eigenvalue weighted by molar-refractivity contribution is -0.137. The molecule has 0 saturated carbocycles. The number of alkyl halides is 3. The highest BCUT2D eigenvalue weighted by Gasteiger charge is 2.30. The van der Waals surface area contributed by atoms with Gasteiger partial charge in [0.15, 0.2) is 0 Å². The Hall–Kier alpha value is -1.60. The average Bonchev–Trinajstić information content (AvgIpc) is 2.83. The molecule has 130 valence electrons. The van der Waals surface area contributed by atoms with E-state index >= 15 is 0 Å². The van der Waals surface area contributed by atoms with Crippen molar-refractivity contribution in [1.29, 1.82) is 0 Å². The van der Waals surface area contributed by atoms with Gasteiger partial charge < -0.3 is 0 Å². The number of hydrogen-bond donors (Lipinski definition) is 0. The first-order valence-corrected chi connectivity index (χ1v) is 8.72. The molecule has 0 atom stereocenters. The minimum Gasteiger partial charge on any atom is -0.289 e. The van der Waals surface area contributed by atoms with Crippen LogP contribution < -0.4 is 4.87 Å². The molecule has 0 bridgehead atoms. The van der Waals surface area contributed by atoms with E-state index in [2.05, 4.69) is 0 Å². The Labute approximate surface area is 142 Å². The van der Waals surface area contributed by atoms with Crippen molar-refractivity contribution in [3.63, 3.8) is 0 Å². The Morgan fingerprint density at radius 2 is 1.83 bits per heavy atom. The molecule has 1 aromatic heterocycles. The molecule has 24 heavy (non-hydrogen) atoms. The van der Waals surface area contributed by atoms with Crippen molar-refractivity contribution < 1.29 is 13.2 Å². The van der Waals surface area contributed by atoms with Crippen LogP contribution in [0.1, 0.15) is 34.5 Å². The van der Waals surface area contributed by atoms with Gasteiger partial charge in [-0.3, -0.25) is 14.3 Å². The number of hydrogen-bond acceptors (Lipinski definition) is 3. The molecule has 7 heteroatoms. The molecule has 0 saturated heterocycles.